The van der Waals surface area contributed by atoms with Crippen molar-refractivity contribution in [3.05, 3.63) is 45.8 Å². The van der Waals surface area contributed by atoms with Crippen LogP contribution in [0.5, 0.6) is 0 Å². The minimum atomic E-state index is -0.710. The van der Waals surface area contributed by atoms with E-state index in [1.165, 1.54) is 18.5 Å². The van der Waals surface area contributed by atoms with Gasteiger partial charge in [-0.05, 0) is 44.4 Å². The number of rotatable bonds is 7. The summed E-state index contributed by atoms with van der Waals surface area (Å²) in [7, 11) is 0. The molecule has 2 aromatic rings. The van der Waals surface area contributed by atoms with Crippen molar-refractivity contribution in [3.63, 3.8) is 0 Å². The molecule has 0 aliphatic heterocycles. The average molecular weight is 378 g/mol. The maximum Gasteiger partial charge on any atom is 0.328 e. The van der Waals surface area contributed by atoms with E-state index in [2.05, 4.69) is 10.4 Å². The number of nitrogens with zero attached hydrogens (tertiary/aromatic N) is 3. The van der Waals surface area contributed by atoms with Crippen molar-refractivity contribution in [2.24, 2.45) is 0 Å². The van der Waals surface area contributed by atoms with Gasteiger partial charge in [-0.3, -0.25) is 24.4 Å². The Morgan fingerprint density at radius 2 is 1.96 bits per heavy atom. The van der Waals surface area contributed by atoms with Crippen LogP contribution in [0, 0.1) is 24.0 Å². The van der Waals surface area contributed by atoms with E-state index in [0.717, 1.165) is 4.90 Å². The van der Waals surface area contributed by atoms with Crippen molar-refractivity contribution in [3.8, 4) is 0 Å². The zero-order chi connectivity index (χ0) is 19.3. The molecule has 0 atom stereocenters. The summed E-state index contributed by atoms with van der Waals surface area (Å²) in [6, 6.07) is 7.23. The highest BCUT2D eigenvalue weighted by Crippen LogP contribution is 2.21. The van der Waals surface area contributed by atoms with Crippen molar-refractivity contribution >= 4 is 35.0 Å². The van der Waals surface area contributed by atoms with Crippen LogP contribution in [0.2, 0.25) is 0 Å². The van der Waals surface area contributed by atoms with Gasteiger partial charge in [-0.25, -0.2) is 0 Å². The molecule has 138 valence electrons. The van der Waals surface area contributed by atoms with E-state index >= 15 is 0 Å². The van der Waals surface area contributed by atoms with Crippen LogP contribution in [0.1, 0.15) is 11.4 Å². The van der Waals surface area contributed by atoms with E-state index in [9.17, 15) is 19.7 Å². The lowest BCUT2D eigenvalue weighted by Crippen LogP contribution is -2.23. The molecule has 26 heavy (non-hydrogen) atoms. The summed E-state index contributed by atoms with van der Waals surface area (Å²) >= 11 is 1.58. The van der Waals surface area contributed by atoms with Gasteiger partial charge >= 0.3 is 11.7 Å². The van der Waals surface area contributed by atoms with Crippen molar-refractivity contribution in [2.45, 2.75) is 25.3 Å². The quantitative estimate of drug-likeness (QED) is 0.340. The number of esters is 1. The number of hydrogen-bond acceptors (Lipinski definition) is 7. The third-order valence-corrected chi connectivity index (χ3v) is 4.29. The molecule has 1 aromatic carbocycles. The normalized spacial score (nSPS) is 10.4. The number of hydrogen-bond donors (Lipinski definition) is 1. The highest BCUT2D eigenvalue weighted by Gasteiger charge is 2.23. The maximum absolute atomic E-state index is 11.9. The van der Waals surface area contributed by atoms with Crippen LogP contribution >= 0.6 is 11.8 Å². The van der Waals surface area contributed by atoms with Crippen molar-refractivity contribution in [1.29, 1.82) is 0 Å². The molecule has 0 saturated heterocycles. The lowest BCUT2D eigenvalue weighted by atomic mass is 10.3. The number of aryl methyl sites for hydroxylation is 1. The van der Waals surface area contributed by atoms with E-state index < -0.39 is 23.4 Å². The number of anilines is 1. The second-order valence-electron chi connectivity index (χ2n) is 5.37. The van der Waals surface area contributed by atoms with E-state index in [0.29, 0.717) is 5.69 Å². The molecular weight excluding hydrogens is 360 g/mol. The van der Waals surface area contributed by atoms with Gasteiger partial charge in [-0.1, -0.05) is 0 Å². The van der Waals surface area contributed by atoms with Gasteiger partial charge in [0.1, 0.15) is 17.9 Å². The van der Waals surface area contributed by atoms with Crippen LogP contribution in [-0.4, -0.2) is 39.4 Å². The molecule has 0 saturated carbocycles. The summed E-state index contributed by atoms with van der Waals surface area (Å²) in [4.78, 5) is 35.2. The standard InChI is InChI=1S/C16H18N4O5S/c1-10-16(20(23)24)11(2)19(18-10)8-15(22)25-9-14(21)17-12-4-6-13(26-3)7-5-12/h4-7H,8-9H2,1-3H3,(H,17,21). The number of nitrogens with one attached hydrogen (secondary N) is 1. The molecule has 9 nitrogen and oxygen atoms in total. The number of benzene rings is 1. The Hall–Kier alpha value is -2.88. The number of thioether (sulfide) groups is 1. The number of nitro groups is 1. The Morgan fingerprint density at radius 3 is 2.50 bits per heavy atom. The summed E-state index contributed by atoms with van der Waals surface area (Å²) in [5, 5.41) is 17.5. The molecule has 0 aliphatic rings. The Balaban J connectivity index is 1.87. The second-order valence-corrected chi connectivity index (χ2v) is 6.25. The van der Waals surface area contributed by atoms with Gasteiger partial charge in [0.15, 0.2) is 6.61 Å². The number of carbonyl (C=O) groups excluding carboxylic acids is 2. The second kappa shape index (κ2) is 8.48. The SMILES string of the molecule is CSc1ccc(NC(=O)COC(=O)Cn2nc(C)c([N+](=O)[O-])c2C)cc1. The zero-order valence-corrected chi connectivity index (χ0v) is 15.3. The molecule has 0 bridgehead atoms. The summed E-state index contributed by atoms with van der Waals surface area (Å²) < 4.78 is 6.09. The first kappa shape index (κ1) is 19.4. The topological polar surface area (TPSA) is 116 Å². The molecule has 0 unspecified atom stereocenters. The van der Waals surface area contributed by atoms with Crippen molar-refractivity contribution in [1.82, 2.24) is 9.78 Å². The number of carbonyl (C=O) groups is 2. The molecule has 0 fully saturated rings. The van der Waals surface area contributed by atoms with Crippen LogP contribution in [0.15, 0.2) is 29.2 Å². The minimum Gasteiger partial charge on any atom is -0.454 e. The van der Waals surface area contributed by atoms with Gasteiger partial charge in [0.05, 0.1) is 4.92 Å². The Bertz CT molecular complexity index is 832. The van der Waals surface area contributed by atoms with Gasteiger partial charge in [0.2, 0.25) is 0 Å². The first-order valence-corrected chi connectivity index (χ1v) is 8.82. The molecule has 1 heterocycles. The van der Waals surface area contributed by atoms with E-state index in [1.54, 1.807) is 23.9 Å². The average Bonchev–Trinajstić information content (AvgIpc) is 2.87. The van der Waals surface area contributed by atoms with Crippen LogP contribution < -0.4 is 5.32 Å². The van der Waals surface area contributed by atoms with Gasteiger partial charge < -0.3 is 10.1 Å². The van der Waals surface area contributed by atoms with Gasteiger partial charge in [0.25, 0.3) is 5.91 Å². The fourth-order valence-electron chi connectivity index (χ4n) is 2.29. The highest BCUT2D eigenvalue weighted by atomic mass is 32.2. The Labute approximate surface area is 153 Å². The zero-order valence-electron chi connectivity index (χ0n) is 14.5. The van der Waals surface area contributed by atoms with Crippen molar-refractivity contribution in [2.75, 3.05) is 18.2 Å². The van der Waals surface area contributed by atoms with Gasteiger partial charge in [-0.15, -0.1) is 11.8 Å². The Kier molecular flexibility index (Phi) is 6.34. The largest absolute Gasteiger partial charge is 0.454 e. The fraction of sp³-hybridized carbons (Fsp3) is 0.312. The number of aromatic nitrogens is 2. The van der Waals surface area contributed by atoms with Crippen LogP contribution in [0.4, 0.5) is 11.4 Å². The first-order valence-electron chi connectivity index (χ1n) is 7.59. The maximum atomic E-state index is 11.9. The molecule has 1 aromatic heterocycles. The molecule has 1 N–H and O–H groups in total. The monoisotopic (exact) mass is 378 g/mol. The van der Waals surface area contributed by atoms with E-state index in [4.69, 9.17) is 4.74 Å². The predicted molar refractivity (Wildman–Crippen MR) is 96.2 cm³/mol. The summed E-state index contributed by atoms with van der Waals surface area (Å²) in [5.41, 5.74) is 0.928. The number of ether oxygens (including phenoxy) is 1. The third-order valence-electron chi connectivity index (χ3n) is 3.54. The van der Waals surface area contributed by atoms with Crippen LogP contribution in [0.3, 0.4) is 0 Å². The summed E-state index contributed by atoms with van der Waals surface area (Å²) in [6.45, 7) is 2.22. The van der Waals surface area contributed by atoms with Gasteiger partial charge in [0, 0.05) is 10.6 Å². The lowest BCUT2D eigenvalue weighted by Gasteiger charge is -2.07. The molecule has 0 radical (unpaired) electrons. The molecule has 0 aliphatic carbocycles. The smallest absolute Gasteiger partial charge is 0.328 e. The van der Waals surface area contributed by atoms with Crippen molar-refractivity contribution < 1.29 is 19.2 Å². The molecule has 1 amide bonds. The summed E-state index contributed by atoms with van der Waals surface area (Å²) in [5.74, 6) is -1.19. The summed E-state index contributed by atoms with van der Waals surface area (Å²) in [6.07, 6.45) is 1.95. The van der Waals surface area contributed by atoms with Crippen LogP contribution in [0.25, 0.3) is 0 Å². The predicted octanol–water partition coefficient (Wildman–Crippen LogP) is 2.31. The lowest BCUT2D eigenvalue weighted by molar-refractivity contribution is -0.386. The molecule has 0 spiro atoms. The number of amides is 1. The molecular formula is C16H18N4O5S. The molecule has 10 heteroatoms. The highest BCUT2D eigenvalue weighted by molar-refractivity contribution is 7.98. The first-order chi connectivity index (χ1) is 12.3. The van der Waals surface area contributed by atoms with Gasteiger partial charge in [-0.2, -0.15) is 5.10 Å². The molecule has 2 rings (SSSR count). The van der Waals surface area contributed by atoms with E-state index in [-0.39, 0.29) is 23.6 Å². The Morgan fingerprint density at radius 1 is 1.31 bits per heavy atom. The van der Waals surface area contributed by atoms with Crippen LogP contribution in [-0.2, 0) is 20.9 Å². The minimum absolute atomic E-state index is 0.135. The van der Waals surface area contributed by atoms with E-state index in [1.807, 2.05) is 18.4 Å². The third kappa shape index (κ3) is 4.82. The fourth-order valence-corrected chi connectivity index (χ4v) is 2.70.